The molecule has 0 radical (unpaired) electrons. The Labute approximate surface area is 139 Å². The topological polar surface area (TPSA) is 34.1 Å². The monoisotopic (exact) mass is 380 g/mol. The molecule has 0 aliphatic heterocycles. The van der Waals surface area contributed by atoms with Crippen molar-refractivity contribution in [3.8, 4) is 0 Å². The molecule has 2 rings (SSSR count). The molecule has 0 unspecified atom stereocenters. The Morgan fingerprint density at radius 1 is 1.05 bits per heavy atom. The summed E-state index contributed by atoms with van der Waals surface area (Å²) in [5, 5.41) is 0. The zero-order valence-corrected chi connectivity index (χ0v) is 16.0. The van der Waals surface area contributed by atoms with E-state index in [1.54, 1.807) is 6.07 Å². The van der Waals surface area contributed by atoms with Gasteiger partial charge < -0.3 is 0 Å². The first-order valence-corrected chi connectivity index (χ1v) is 8.55. The molecule has 0 aliphatic carbocycles. The molecule has 2 aromatic carbocycles. The van der Waals surface area contributed by atoms with Gasteiger partial charge in [0.25, 0.3) is 9.05 Å². The minimum absolute atomic E-state index is 0. The first-order chi connectivity index (χ1) is 8.47. The summed E-state index contributed by atoms with van der Waals surface area (Å²) >= 11 is 5.76. The Morgan fingerprint density at radius 2 is 1.68 bits per heavy atom. The van der Waals surface area contributed by atoms with Gasteiger partial charge in [-0.25, -0.2) is 8.42 Å². The predicted octanol–water partition coefficient (Wildman–Crippen LogP) is 4.05. The summed E-state index contributed by atoms with van der Waals surface area (Å²) in [6.07, 6.45) is 0. The molecule has 2 nitrogen and oxygen atoms in total. The molecule has 0 heterocycles. The van der Waals surface area contributed by atoms with Crippen LogP contribution in [-0.4, -0.2) is 8.42 Å². The predicted molar refractivity (Wildman–Crippen MR) is 77.3 cm³/mol. The fraction of sp³-hybridized carbons (Fsp3) is 0. The summed E-state index contributed by atoms with van der Waals surface area (Å²) in [5.74, 6) is 0. The fourth-order valence-corrected chi connectivity index (χ4v) is 3.38. The zero-order valence-electron chi connectivity index (χ0n) is 9.78. The van der Waals surface area contributed by atoms with E-state index in [4.69, 9.17) is 10.7 Å². The van der Waals surface area contributed by atoms with Crippen LogP contribution in [0.5, 0.6) is 0 Å². The average Bonchev–Trinajstić information content (AvgIpc) is 2.32. The van der Waals surface area contributed by atoms with E-state index < -0.39 is 9.05 Å². The summed E-state index contributed by atoms with van der Waals surface area (Å²) < 4.78 is 22.6. The van der Waals surface area contributed by atoms with E-state index >= 15 is 0 Å². The Balaban J connectivity index is 0.00000180. The summed E-state index contributed by atoms with van der Waals surface area (Å²) in [6, 6.07) is 14.3. The molecular formula is C12H9ClO2S3Zn. The van der Waals surface area contributed by atoms with E-state index in [0.717, 1.165) is 9.79 Å². The first-order valence-electron chi connectivity index (χ1n) is 4.97. The molecule has 0 N–H and O–H groups in total. The van der Waals surface area contributed by atoms with Crippen molar-refractivity contribution < 1.29 is 27.9 Å². The second-order valence-corrected chi connectivity index (χ2v) is 7.65. The molecule has 19 heavy (non-hydrogen) atoms. The summed E-state index contributed by atoms with van der Waals surface area (Å²) in [7, 11) is 1.61. The van der Waals surface area contributed by atoms with Crippen LogP contribution in [0.4, 0.5) is 0 Å². The molecule has 96 valence electrons. The number of hydrogen-bond acceptors (Lipinski definition) is 4. The number of hydrogen-bond donors (Lipinski definition) is 1. The molecule has 0 saturated carbocycles. The van der Waals surface area contributed by atoms with Crippen molar-refractivity contribution >= 4 is 44.1 Å². The van der Waals surface area contributed by atoms with Crippen molar-refractivity contribution in [1.82, 2.24) is 0 Å². The van der Waals surface area contributed by atoms with Gasteiger partial charge in [0.1, 0.15) is 0 Å². The van der Waals surface area contributed by atoms with E-state index in [1.165, 1.54) is 23.9 Å². The van der Waals surface area contributed by atoms with Gasteiger partial charge in [-0.15, -0.1) is 12.6 Å². The van der Waals surface area contributed by atoms with Crippen molar-refractivity contribution in [2.45, 2.75) is 19.6 Å². The van der Waals surface area contributed by atoms with E-state index in [2.05, 4.69) is 12.6 Å². The zero-order chi connectivity index (χ0) is 13.2. The van der Waals surface area contributed by atoms with Crippen molar-refractivity contribution in [3.63, 3.8) is 0 Å². The van der Waals surface area contributed by atoms with Crippen LogP contribution in [0.2, 0.25) is 0 Å². The molecule has 0 bridgehead atoms. The van der Waals surface area contributed by atoms with E-state index in [9.17, 15) is 8.42 Å². The second kappa shape index (κ2) is 7.14. The SMILES string of the molecule is O=S(=O)(Cl)c1ccc(S)c(Sc2ccccc2)c1.[Zn]. The molecule has 0 aromatic heterocycles. The van der Waals surface area contributed by atoms with E-state index in [-0.39, 0.29) is 24.4 Å². The normalized spacial score (nSPS) is 10.8. The Hall–Kier alpha value is 0.00338. The van der Waals surface area contributed by atoms with Crippen LogP contribution in [0.25, 0.3) is 0 Å². The van der Waals surface area contributed by atoms with E-state index in [1.807, 2.05) is 30.3 Å². The summed E-state index contributed by atoms with van der Waals surface area (Å²) in [6.45, 7) is 0. The number of thiol groups is 1. The molecule has 0 fully saturated rings. The Bertz CT molecular complexity index is 660. The molecule has 0 spiro atoms. The van der Waals surface area contributed by atoms with Crippen LogP contribution >= 0.6 is 35.1 Å². The second-order valence-electron chi connectivity index (χ2n) is 3.48. The standard InChI is InChI=1S/C12H9ClO2S3.Zn/c13-18(14,15)10-6-7-11(16)12(8-10)17-9-4-2-1-3-5-9;/h1-8,16H;. The minimum Gasteiger partial charge on any atom is -0.207 e. The third kappa shape index (κ3) is 4.80. The van der Waals surface area contributed by atoms with Crippen molar-refractivity contribution in [2.75, 3.05) is 0 Å². The van der Waals surface area contributed by atoms with Crippen LogP contribution in [-0.2, 0) is 28.5 Å². The van der Waals surface area contributed by atoms with Crippen LogP contribution in [0.3, 0.4) is 0 Å². The molecule has 2 aromatic rings. The fourth-order valence-electron chi connectivity index (χ4n) is 1.34. The molecule has 0 atom stereocenters. The van der Waals surface area contributed by atoms with E-state index in [0.29, 0.717) is 4.90 Å². The largest absolute Gasteiger partial charge is 0.261 e. The van der Waals surface area contributed by atoms with Gasteiger partial charge >= 0.3 is 0 Å². The molecular weight excluding hydrogens is 373 g/mol. The number of benzene rings is 2. The van der Waals surface area contributed by atoms with Gasteiger partial charge in [-0.3, -0.25) is 0 Å². The molecule has 0 amide bonds. The smallest absolute Gasteiger partial charge is 0.207 e. The van der Waals surface area contributed by atoms with Gasteiger partial charge in [-0.2, -0.15) is 0 Å². The third-order valence-electron chi connectivity index (χ3n) is 2.18. The van der Waals surface area contributed by atoms with Gasteiger partial charge in [0, 0.05) is 44.8 Å². The third-order valence-corrected chi connectivity index (χ3v) is 5.14. The maximum Gasteiger partial charge on any atom is 0.261 e. The van der Waals surface area contributed by atoms with Gasteiger partial charge in [0.2, 0.25) is 0 Å². The maximum atomic E-state index is 11.3. The van der Waals surface area contributed by atoms with Crippen LogP contribution < -0.4 is 0 Å². The maximum absolute atomic E-state index is 11.3. The first kappa shape index (κ1) is 17.1. The molecule has 0 aliphatic rings. The Morgan fingerprint density at radius 3 is 2.26 bits per heavy atom. The van der Waals surface area contributed by atoms with Gasteiger partial charge in [-0.1, -0.05) is 30.0 Å². The van der Waals surface area contributed by atoms with Crippen LogP contribution in [0, 0.1) is 0 Å². The molecule has 7 heteroatoms. The quantitative estimate of drug-likeness (QED) is 0.494. The summed E-state index contributed by atoms with van der Waals surface area (Å²) in [5.41, 5.74) is 0. The average molecular weight is 382 g/mol. The summed E-state index contributed by atoms with van der Waals surface area (Å²) in [4.78, 5) is 2.57. The van der Waals surface area contributed by atoms with Crippen molar-refractivity contribution in [2.24, 2.45) is 0 Å². The Kier molecular flexibility index (Phi) is 6.41. The van der Waals surface area contributed by atoms with Crippen molar-refractivity contribution in [3.05, 3.63) is 48.5 Å². The molecule has 0 saturated heterocycles. The van der Waals surface area contributed by atoms with Crippen LogP contribution in [0.15, 0.2) is 68.1 Å². The van der Waals surface area contributed by atoms with Gasteiger partial charge in [-0.05, 0) is 30.3 Å². The van der Waals surface area contributed by atoms with Crippen LogP contribution in [0.1, 0.15) is 0 Å². The number of halogens is 1. The number of rotatable bonds is 3. The van der Waals surface area contributed by atoms with Gasteiger partial charge in [0.15, 0.2) is 0 Å². The van der Waals surface area contributed by atoms with Crippen molar-refractivity contribution in [1.29, 1.82) is 0 Å². The minimum atomic E-state index is -3.71. The van der Waals surface area contributed by atoms with Gasteiger partial charge in [0.05, 0.1) is 4.90 Å².